The number of likely N-dealkylation sites (tertiary alicyclic amines) is 1. The molecule has 0 aromatic heterocycles. The van der Waals surface area contributed by atoms with Crippen LogP contribution in [0.25, 0.3) is 0 Å². The predicted molar refractivity (Wildman–Crippen MR) is 57.7 cm³/mol. The van der Waals surface area contributed by atoms with Crippen LogP contribution in [-0.2, 0) is 0 Å². The van der Waals surface area contributed by atoms with Crippen molar-refractivity contribution in [2.24, 2.45) is 5.92 Å². The number of halogens is 3. The van der Waals surface area contributed by atoms with Gasteiger partial charge >= 0.3 is 58.4 Å². The molecule has 1 nitrogen and oxygen atoms in total. The zero-order valence-electron chi connectivity index (χ0n) is 10.2. The summed E-state index contributed by atoms with van der Waals surface area (Å²) in [6, 6.07) is 0. The normalized spacial score (nSPS) is 19.2. The van der Waals surface area contributed by atoms with Gasteiger partial charge in [-0.3, -0.25) is 0 Å². The first-order valence-electron chi connectivity index (χ1n) is 5.53. The average molecular weight is 259 g/mol. The molecule has 1 heterocycles. The smallest absolute Gasteiger partial charge is 0.445 e. The summed E-state index contributed by atoms with van der Waals surface area (Å²) in [5.41, 5.74) is -0.565. The second kappa shape index (κ2) is 7.59. The van der Waals surface area contributed by atoms with Crippen molar-refractivity contribution in [3.63, 3.8) is 0 Å². The van der Waals surface area contributed by atoms with Gasteiger partial charge in [-0.15, -0.1) is 12.1 Å². The topological polar surface area (TPSA) is 3.24 Å². The summed E-state index contributed by atoms with van der Waals surface area (Å²) in [5.74, 6) is 0.700. The fraction of sp³-hybridized carbons (Fsp3) is 0.800. The fourth-order valence-corrected chi connectivity index (χ4v) is 1.94. The van der Waals surface area contributed by atoms with Crippen LogP contribution in [0.1, 0.15) is 26.2 Å². The molecular weight excluding hydrogens is 241 g/mol. The summed E-state index contributed by atoms with van der Waals surface area (Å²) in [6.45, 7) is 1.97. The monoisotopic (exact) mass is 259 g/mol. The average Bonchev–Trinajstić information content (AvgIpc) is 2.17. The van der Waals surface area contributed by atoms with E-state index in [0.717, 1.165) is 32.4 Å². The molecule has 0 unspecified atom stereocenters. The minimum atomic E-state index is -4.85. The summed E-state index contributed by atoms with van der Waals surface area (Å²) in [5, 5.41) is 0. The van der Waals surface area contributed by atoms with Crippen LogP contribution in [0.15, 0.2) is 12.1 Å². The molecule has 88 valence electrons. The maximum atomic E-state index is 12.3. The maximum Gasteiger partial charge on any atom is 1.00 e. The van der Waals surface area contributed by atoms with Crippen LogP contribution in [-0.4, -0.2) is 31.5 Å². The zero-order chi connectivity index (χ0) is 11.5. The van der Waals surface area contributed by atoms with Gasteiger partial charge in [-0.25, -0.2) is 0 Å². The Morgan fingerprint density at radius 1 is 1.31 bits per heavy atom. The summed E-state index contributed by atoms with van der Waals surface area (Å²) < 4.78 is 36.8. The van der Waals surface area contributed by atoms with Gasteiger partial charge in [-0.05, 0) is 38.4 Å². The molecule has 0 aromatic carbocycles. The van der Waals surface area contributed by atoms with Gasteiger partial charge in [-0.1, -0.05) is 13.3 Å². The molecule has 0 aromatic rings. The van der Waals surface area contributed by atoms with Gasteiger partial charge in [0.05, 0.1) is 0 Å². The Morgan fingerprint density at radius 2 is 1.81 bits per heavy atom. The molecule has 0 atom stereocenters. The largest absolute Gasteiger partial charge is 1.00 e. The van der Waals surface area contributed by atoms with Crippen LogP contribution in [0.3, 0.4) is 0 Å². The Balaban J connectivity index is 0.00000225. The van der Waals surface area contributed by atoms with Gasteiger partial charge in [0, 0.05) is 0 Å². The Bertz CT molecular complexity index is 225. The van der Waals surface area contributed by atoms with Crippen LogP contribution in [0.4, 0.5) is 12.9 Å². The van der Waals surface area contributed by atoms with Crippen LogP contribution < -0.4 is 51.4 Å². The van der Waals surface area contributed by atoms with E-state index >= 15 is 0 Å². The van der Waals surface area contributed by atoms with Crippen molar-refractivity contribution in [3.8, 4) is 0 Å². The van der Waals surface area contributed by atoms with Crippen molar-refractivity contribution in [1.82, 2.24) is 4.90 Å². The van der Waals surface area contributed by atoms with Gasteiger partial charge in [0.25, 0.3) is 0 Å². The van der Waals surface area contributed by atoms with Crippen molar-refractivity contribution in [3.05, 3.63) is 12.1 Å². The number of hydrogen-bond donors (Lipinski definition) is 0. The van der Waals surface area contributed by atoms with E-state index in [4.69, 9.17) is 0 Å². The van der Waals surface area contributed by atoms with E-state index in [1.54, 1.807) is 0 Å². The van der Waals surface area contributed by atoms with E-state index in [9.17, 15) is 12.9 Å². The Kier molecular flexibility index (Phi) is 8.15. The Morgan fingerprint density at radius 3 is 2.19 bits per heavy atom. The van der Waals surface area contributed by atoms with E-state index < -0.39 is 12.4 Å². The second-order valence-corrected chi connectivity index (χ2v) is 4.36. The molecule has 0 spiro atoms. The minimum Gasteiger partial charge on any atom is -0.445 e. The van der Waals surface area contributed by atoms with E-state index in [1.165, 1.54) is 0 Å². The first-order chi connectivity index (χ1) is 6.93. The third kappa shape index (κ3) is 5.69. The molecule has 1 aliphatic heterocycles. The molecule has 0 bridgehead atoms. The molecule has 0 saturated carbocycles. The van der Waals surface area contributed by atoms with Gasteiger partial charge < -0.3 is 17.8 Å². The van der Waals surface area contributed by atoms with Crippen LogP contribution >= 0.6 is 0 Å². The third-order valence-corrected chi connectivity index (χ3v) is 3.17. The molecule has 0 N–H and O–H groups in total. The minimum absolute atomic E-state index is 0. The fourth-order valence-electron chi connectivity index (χ4n) is 1.94. The molecular formula is C10H18BF3KN. The molecule has 0 radical (unpaired) electrons. The molecule has 1 aliphatic rings. The van der Waals surface area contributed by atoms with Gasteiger partial charge in [0.2, 0.25) is 0 Å². The molecule has 1 rings (SSSR count). The SMILES string of the molecule is C=C(CN1CCC(CC)CC1)[B-](F)(F)F.[K+]. The molecule has 6 heteroatoms. The van der Waals surface area contributed by atoms with E-state index in [1.807, 2.05) is 4.90 Å². The molecule has 1 fully saturated rings. The van der Waals surface area contributed by atoms with Crippen molar-refractivity contribution in [1.29, 1.82) is 0 Å². The number of hydrogen-bond acceptors (Lipinski definition) is 1. The predicted octanol–water partition coefficient (Wildman–Crippen LogP) is 0.0552. The first kappa shape index (κ1) is 17.2. The van der Waals surface area contributed by atoms with Crippen molar-refractivity contribution in [2.75, 3.05) is 19.6 Å². The first-order valence-corrected chi connectivity index (χ1v) is 5.53. The summed E-state index contributed by atoms with van der Waals surface area (Å²) >= 11 is 0. The molecule has 16 heavy (non-hydrogen) atoms. The van der Waals surface area contributed by atoms with E-state index in [-0.39, 0.29) is 57.9 Å². The van der Waals surface area contributed by atoms with Crippen molar-refractivity contribution in [2.45, 2.75) is 26.2 Å². The van der Waals surface area contributed by atoms with Crippen molar-refractivity contribution < 1.29 is 64.3 Å². The van der Waals surface area contributed by atoms with Crippen LogP contribution in [0.5, 0.6) is 0 Å². The van der Waals surface area contributed by atoms with Gasteiger partial charge in [-0.2, -0.15) is 0 Å². The standard InChI is InChI=1S/C10H18BF3N.K/c1-3-10-4-6-15(7-5-10)8-9(2)11(12,13)14;/h10H,2-8H2,1H3;/q-1;+1. The second-order valence-electron chi connectivity index (χ2n) is 4.36. The summed E-state index contributed by atoms with van der Waals surface area (Å²) in [4.78, 5) is 1.86. The molecule has 0 aliphatic carbocycles. The summed E-state index contributed by atoms with van der Waals surface area (Å²) in [7, 11) is 0. The molecule has 1 saturated heterocycles. The van der Waals surface area contributed by atoms with Crippen molar-refractivity contribution >= 4 is 6.98 Å². The van der Waals surface area contributed by atoms with Crippen LogP contribution in [0.2, 0.25) is 0 Å². The quantitative estimate of drug-likeness (QED) is 0.645. The Hall–Kier alpha value is 1.19. The number of piperidine rings is 1. The van der Waals surface area contributed by atoms with E-state index in [0.29, 0.717) is 5.92 Å². The molecule has 0 amide bonds. The maximum absolute atomic E-state index is 12.3. The Labute approximate surface area is 138 Å². The van der Waals surface area contributed by atoms with Gasteiger partial charge in [0.1, 0.15) is 0 Å². The van der Waals surface area contributed by atoms with Gasteiger partial charge in [0.15, 0.2) is 0 Å². The van der Waals surface area contributed by atoms with Crippen LogP contribution in [0, 0.1) is 5.92 Å². The third-order valence-electron chi connectivity index (χ3n) is 3.17. The zero-order valence-corrected chi connectivity index (χ0v) is 13.3. The summed E-state index contributed by atoms with van der Waals surface area (Å²) in [6.07, 6.45) is 3.18. The van der Waals surface area contributed by atoms with E-state index in [2.05, 4.69) is 13.5 Å². The number of rotatable bonds is 4. The number of nitrogens with zero attached hydrogens (tertiary/aromatic N) is 1.